The first-order valence-corrected chi connectivity index (χ1v) is 11.3. The molecule has 0 saturated carbocycles. The number of rotatable bonds is 11. The number of aromatic nitrogens is 2. The smallest absolute Gasteiger partial charge is 0.262 e. The zero-order valence-electron chi connectivity index (χ0n) is 19.9. The van der Waals surface area contributed by atoms with Gasteiger partial charge in [-0.1, -0.05) is 31.5 Å². The fourth-order valence-electron chi connectivity index (χ4n) is 3.41. The van der Waals surface area contributed by atoms with Crippen LogP contribution in [0.25, 0.3) is 23.0 Å². The van der Waals surface area contributed by atoms with Crippen molar-refractivity contribution in [2.75, 3.05) is 26.9 Å². The van der Waals surface area contributed by atoms with E-state index >= 15 is 0 Å². The van der Waals surface area contributed by atoms with Gasteiger partial charge in [-0.25, -0.2) is 4.68 Å². The lowest BCUT2D eigenvalue weighted by atomic mass is 10.0. The number of carbonyl (C=O) groups is 1. The Balaban J connectivity index is 2.02. The van der Waals surface area contributed by atoms with Gasteiger partial charge in [0.1, 0.15) is 23.1 Å². The molecule has 0 saturated heterocycles. The van der Waals surface area contributed by atoms with Crippen molar-refractivity contribution in [3.8, 4) is 28.8 Å². The number of para-hydroxylation sites is 1. The topological polar surface area (TPSA) is 89.2 Å². The number of benzene rings is 2. The first kappa shape index (κ1) is 24.7. The highest BCUT2D eigenvalue weighted by atomic mass is 16.5. The molecule has 176 valence electrons. The molecule has 1 heterocycles. The summed E-state index contributed by atoms with van der Waals surface area (Å²) in [6.45, 7) is 5.50. The molecule has 0 aliphatic rings. The molecule has 0 atom stereocenters. The van der Waals surface area contributed by atoms with Crippen LogP contribution in [-0.2, 0) is 9.53 Å². The summed E-state index contributed by atoms with van der Waals surface area (Å²) in [6, 6.07) is 17.6. The third-order valence-corrected chi connectivity index (χ3v) is 5.24. The minimum Gasteiger partial charge on any atom is -0.494 e. The zero-order chi connectivity index (χ0) is 24.3. The molecular weight excluding hydrogens is 428 g/mol. The standard InChI is InChI=1S/C27H30N4O3/c1-4-5-14-34-24-11-12-25(20(2)16-24)26-22(17-21(18-28)27(32)29-13-15-33-3)19-31(30-26)23-9-7-6-8-10-23/h6-12,16-17,19H,4-5,13-15H2,1-3H3,(H,29,32)/b21-17+. The van der Waals surface area contributed by atoms with Gasteiger partial charge in [0.25, 0.3) is 5.91 Å². The van der Waals surface area contributed by atoms with Crippen molar-refractivity contribution in [2.24, 2.45) is 0 Å². The maximum Gasteiger partial charge on any atom is 0.262 e. The zero-order valence-corrected chi connectivity index (χ0v) is 19.9. The second-order valence-corrected chi connectivity index (χ2v) is 7.81. The minimum absolute atomic E-state index is 0.00198. The van der Waals surface area contributed by atoms with Crippen molar-refractivity contribution in [2.45, 2.75) is 26.7 Å². The molecule has 0 bridgehead atoms. The molecule has 34 heavy (non-hydrogen) atoms. The van der Waals surface area contributed by atoms with Gasteiger partial charge in [0.15, 0.2) is 0 Å². The van der Waals surface area contributed by atoms with Gasteiger partial charge in [-0.05, 0) is 55.3 Å². The molecule has 7 heteroatoms. The van der Waals surface area contributed by atoms with Crippen LogP contribution in [0.1, 0.15) is 30.9 Å². The van der Waals surface area contributed by atoms with Gasteiger partial charge in [-0.2, -0.15) is 10.4 Å². The second-order valence-electron chi connectivity index (χ2n) is 7.81. The lowest BCUT2D eigenvalue weighted by molar-refractivity contribution is -0.117. The number of nitrogens with one attached hydrogen (secondary N) is 1. The van der Waals surface area contributed by atoms with Crippen LogP contribution in [0.4, 0.5) is 0 Å². The molecule has 0 fully saturated rings. The van der Waals surface area contributed by atoms with Crippen molar-refractivity contribution in [1.29, 1.82) is 5.26 Å². The molecule has 1 aromatic heterocycles. The Morgan fingerprint density at radius 3 is 2.68 bits per heavy atom. The molecular formula is C27H30N4O3. The van der Waals surface area contributed by atoms with E-state index in [0.29, 0.717) is 31.0 Å². The van der Waals surface area contributed by atoms with Gasteiger partial charge in [0.05, 0.1) is 18.9 Å². The monoisotopic (exact) mass is 458 g/mol. The predicted octanol–water partition coefficient (Wildman–Crippen LogP) is 4.70. The largest absolute Gasteiger partial charge is 0.494 e. The average molecular weight is 459 g/mol. The summed E-state index contributed by atoms with van der Waals surface area (Å²) < 4.78 is 12.6. The van der Waals surface area contributed by atoms with Crippen LogP contribution in [0.5, 0.6) is 5.75 Å². The van der Waals surface area contributed by atoms with Crippen LogP contribution < -0.4 is 10.1 Å². The quantitative estimate of drug-likeness (QED) is 0.256. The second kappa shape index (κ2) is 12.4. The molecule has 3 aromatic rings. The Morgan fingerprint density at radius 1 is 1.21 bits per heavy atom. The molecule has 7 nitrogen and oxygen atoms in total. The lowest BCUT2D eigenvalue weighted by Gasteiger charge is -2.10. The molecule has 1 N–H and O–H groups in total. The summed E-state index contributed by atoms with van der Waals surface area (Å²) in [5, 5.41) is 17.1. The van der Waals surface area contributed by atoms with E-state index in [9.17, 15) is 10.1 Å². The normalized spacial score (nSPS) is 11.2. The number of hydrogen-bond donors (Lipinski definition) is 1. The molecule has 3 rings (SSSR count). The average Bonchev–Trinajstić information content (AvgIpc) is 3.27. The van der Waals surface area contributed by atoms with E-state index in [4.69, 9.17) is 14.6 Å². The molecule has 0 radical (unpaired) electrons. The number of aryl methyl sites for hydroxylation is 1. The van der Waals surface area contributed by atoms with Crippen LogP contribution in [0.2, 0.25) is 0 Å². The fourth-order valence-corrected chi connectivity index (χ4v) is 3.41. The number of methoxy groups -OCH3 is 1. The molecule has 1 amide bonds. The number of unbranched alkanes of at least 4 members (excludes halogenated alkanes) is 1. The summed E-state index contributed by atoms with van der Waals surface area (Å²) in [4.78, 5) is 12.5. The van der Waals surface area contributed by atoms with Gasteiger partial charge in [-0.15, -0.1) is 0 Å². The first-order chi connectivity index (χ1) is 16.6. The molecule has 0 aliphatic heterocycles. The van der Waals surface area contributed by atoms with E-state index < -0.39 is 5.91 Å². The van der Waals surface area contributed by atoms with E-state index in [1.165, 1.54) is 0 Å². The van der Waals surface area contributed by atoms with Crippen LogP contribution in [0.15, 0.2) is 60.3 Å². The van der Waals surface area contributed by atoms with Crippen molar-refractivity contribution < 1.29 is 14.3 Å². The highest BCUT2D eigenvalue weighted by molar-refractivity contribution is 6.02. The summed E-state index contributed by atoms with van der Waals surface area (Å²) in [6.07, 6.45) is 5.48. The van der Waals surface area contributed by atoms with Gasteiger partial charge in [0, 0.05) is 31.0 Å². The summed E-state index contributed by atoms with van der Waals surface area (Å²) >= 11 is 0. The highest BCUT2D eigenvalue weighted by Crippen LogP contribution is 2.30. The molecule has 0 aliphatic carbocycles. The predicted molar refractivity (Wildman–Crippen MR) is 133 cm³/mol. The van der Waals surface area contributed by atoms with Gasteiger partial charge < -0.3 is 14.8 Å². The van der Waals surface area contributed by atoms with E-state index in [-0.39, 0.29) is 5.57 Å². The Morgan fingerprint density at radius 2 is 2.00 bits per heavy atom. The minimum atomic E-state index is -0.450. The van der Waals surface area contributed by atoms with Crippen LogP contribution in [0.3, 0.4) is 0 Å². The maximum atomic E-state index is 12.5. The van der Waals surface area contributed by atoms with Gasteiger partial charge >= 0.3 is 0 Å². The van der Waals surface area contributed by atoms with Crippen LogP contribution in [-0.4, -0.2) is 42.6 Å². The van der Waals surface area contributed by atoms with Crippen molar-refractivity contribution in [3.05, 3.63) is 71.4 Å². The van der Waals surface area contributed by atoms with Crippen LogP contribution >= 0.6 is 0 Å². The summed E-state index contributed by atoms with van der Waals surface area (Å²) in [7, 11) is 1.56. The number of nitrogens with zero attached hydrogens (tertiary/aromatic N) is 3. The summed E-state index contributed by atoms with van der Waals surface area (Å²) in [5.74, 6) is 0.360. The SMILES string of the molecule is CCCCOc1ccc(-c2nn(-c3ccccc3)cc2/C=C(\C#N)C(=O)NCCOC)c(C)c1. The van der Waals surface area contributed by atoms with Crippen molar-refractivity contribution in [1.82, 2.24) is 15.1 Å². The Labute approximate surface area is 200 Å². The van der Waals surface area contributed by atoms with Crippen LogP contribution in [0, 0.1) is 18.3 Å². The number of ether oxygens (including phenoxy) is 2. The van der Waals surface area contributed by atoms with E-state index in [1.807, 2.05) is 67.7 Å². The number of hydrogen-bond acceptors (Lipinski definition) is 5. The Hall–Kier alpha value is -3.89. The molecule has 2 aromatic carbocycles. The maximum absolute atomic E-state index is 12.5. The van der Waals surface area contributed by atoms with E-state index in [0.717, 1.165) is 35.4 Å². The van der Waals surface area contributed by atoms with E-state index in [2.05, 4.69) is 12.2 Å². The van der Waals surface area contributed by atoms with Crippen molar-refractivity contribution >= 4 is 12.0 Å². The van der Waals surface area contributed by atoms with Gasteiger partial charge in [0.2, 0.25) is 0 Å². The number of amides is 1. The molecule has 0 spiro atoms. The van der Waals surface area contributed by atoms with E-state index in [1.54, 1.807) is 17.9 Å². The number of nitriles is 1. The number of carbonyl (C=O) groups excluding carboxylic acids is 1. The summed E-state index contributed by atoms with van der Waals surface area (Å²) in [5.41, 5.74) is 4.13. The Bertz CT molecular complexity index is 1180. The molecule has 0 unspecified atom stereocenters. The third-order valence-electron chi connectivity index (χ3n) is 5.24. The van der Waals surface area contributed by atoms with Gasteiger partial charge in [-0.3, -0.25) is 4.79 Å². The first-order valence-electron chi connectivity index (χ1n) is 11.3. The highest BCUT2D eigenvalue weighted by Gasteiger charge is 2.16. The Kier molecular flexibility index (Phi) is 9.01. The van der Waals surface area contributed by atoms with Crippen molar-refractivity contribution in [3.63, 3.8) is 0 Å². The lowest BCUT2D eigenvalue weighted by Crippen LogP contribution is -2.27. The fraction of sp³-hybridized carbons (Fsp3) is 0.296. The third kappa shape index (κ3) is 6.33.